The minimum atomic E-state index is -0.972. The largest absolute Gasteiger partial charge is 0.492 e. The van der Waals surface area contributed by atoms with Crippen LogP contribution in [0.3, 0.4) is 0 Å². The van der Waals surface area contributed by atoms with Crippen molar-refractivity contribution in [2.45, 2.75) is 17.7 Å². The van der Waals surface area contributed by atoms with E-state index in [-0.39, 0.29) is 18.3 Å². The van der Waals surface area contributed by atoms with Crippen LogP contribution in [-0.2, 0) is 4.79 Å². The molecule has 1 aromatic rings. The van der Waals surface area contributed by atoms with Crippen LogP contribution in [0.25, 0.3) is 0 Å². The Kier molecular flexibility index (Phi) is 3.92. The van der Waals surface area contributed by atoms with Crippen molar-refractivity contribution in [1.29, 1.82) is 0 Å². The summed E-state index contributed by atoms with van der Waals surface area (Å²) in [5.74, 6) is -0.127. The maximum atomic E-state index is 12.9. The smallest absolute Gasteiger partial charge is 0.229 e. The number of hydrogen-bond acceptors (Lipinski definition) is 2. The molecule has 1 aliphatic carbocycles. The van der Waals surface area contributed by atoms with Gasteiger partial charge in [-0.3, -0.25) is 4.79 Å². The highest BCUT2D eigenvalue weighted by molar-refractivity contribution is 6.53. The molecule has 19 heavy (non-hydrogen) atoms. The topological polar surface area (TPSA) is 38.3 Å². The van der Waals surface area contributed by atoms with Crippen LogP contribution in [0.15, 0.2) is 24.3 Å². The third-order valence-corrected chi connectivity index (χ3v) is 4.31. The first-order chi connectivity index (χ1) is 8.85. The minimum Gasteiger partial charge on any atom is -0.492 e. The van der Waals surface area contributed by atoms with Gasteiger partial charge < -0.3 is 10.1 Å². The summed E-state index contributed by atoms with van der Waals surface area (Å²) in [6.07, 6.45) is 0.444. The fourth-order valence-corrected chi connectivity index (χ4v) is 2.44. The van der Waals surface area contributed by atoms with E-state index in [1.165, 1.54) is 12.1 Å². The molecule has 2 rings (SSSR count). The van der Waals surface area contributed by atoms with E-state index in [2.05, 4.69) is 5.32 Å². The summed E-state index contributed by atoms with van der Waals surface area (Å²) >= 11 is 11.8. The molecule has 0 heterocycles. The third-order valence-electron chi connectivity index (χ3n) is 3.21. The normalized spacial score (nSPS) is 23.8. The molecular formula is C13H14Cl2FNO2. The van der Waals surface area contributed by atoms with Gasteiger partial charge in [0.05, 0.1) is 12.0 Å². The summed E-state index contributed by atoms with van der Waals surface area (Å²) in [5, 5.41) is 2.70. The molecule has 1 fully saturated rings. The van der Waals surface area contributed by atoms with Gasteiger partial charge in [0, 0.05) is 6.07 Å². The lowest BCUT2D eigenvalue weighted by Crippen LogP contribution is -2.35. The summed E-state index contributed by atoms with van der Waals surface area (Å²) in [5.41, 5.74) is -0.727. The molecule has 1 saturated carbocycles. The lowest BCUT2D eigenvalue weighted by Gasteiger charge is -2.13. The molecule has 6 heteroatoms. The summed E-state index contributed by atoms with van der Waals surface area (Å²) in [7, 11) is 0. The second-order valence-electron chi connectivity index (χ2n) is 4.78. The van der Waals surface area contributed by atoms with Gasteiger partial charge in [-0.05, 0) is 25.5 Å². The Labute approximate surface area is 121 Å². The van der Waals surface area contributed by atoms with Crippen LogP contribution in [0.5, 0.6) is 5.75 Å². The molecule has 0 saturated heterocycles. The van der Waals surface area contributed by atoms with Crippen LogP contribution in [0.4, 0.5) is 4.39 Å². The van der Waals surface area contributed by atoms with E-state index >= 15 is 0 Å². The zero-order valence-electron chi connectivity index (χ0n) is 10.4. The van der Waals surface area contributed by atoms with E-state index in [0.29, 0.717) is 18.7 Å². The zero-order chi connectivity index (χ0) is 14.1. The molecule has 0 spiro atoms. The highest BCUT2D eigenvalue weighted by Gasteiger charge is 2.67. The molecule has 0 radical (unpaired) electrons. The van der Waals surface area contributed by atoms with Gasteiger partial charge in [-0.1, -0.05) is 6.07 Å². The first-order valence-electron chi connectivity index (χ1n) is 5.90. The van der Waals surface area contributed by atoms with Gasteiger partial charge in [-0.25, -0.2) is 4.39 Å². The third kappa shape index (κ3) is 3.12. The molecule has 1 amide bonds. The standard InChI is InChI=1S/C13H14Cl2FNO2/c1-12(8-13(12,14)15)11(18)17-5-6-19-10-4-2-3-9(16)7-10/h2-4,7H,5-6,8H2,1H3,(H,17,18). The van der Waals surface area contributed by atoms with Crippen molar-refractivity contribution in [2.24, 2.45) is 5.41 Å². The van der Waals surface area contributed by atoms with Gasteiger partial charge in [0.1, 0.15) is 22.5 Å². The molecule has 3 nitrogen and oxygen atoms in total. The number of ether oxygens (including phenoxy) is 1. The number of carbonyl (C=O) groups excluding carboxylic acids is 1. The molecule has 0 aliphatic heterocycles. The first-order valence-corrected chi connectivity index (χ1v) is 6.65. The molecule has 1 N–H and O–H groups in total. The number of rotatable bonds is 5. The number of nitrogens with one attached hydrogen (secondary N) is 1. The molecule has 1 aromatic carbocycles. The van der Waals surface area contributed by atoms with Crippen LogP contribution in [0, 0.1) is 11.2 Å². The van der Waals surface area contributed by atoms with E-state index in [1.54, 1.807) is 19.1 Å². The Balaban J connectivity index is 1.72. The number of halogens is 3. The minimum absolute atomic E-state index is 0.194. The van der Waals surface area contributed by atoms with E-state index in [0.717, 1.165) is 0 Å². The van der Waals surface area contributed by atoms with Crippen molar-refractivity contribution in [3.63, 3.8) is 0 Å². The van der Waals surface area contributed by atoms with E-state index in [9.17, 15) is 9.18 Å². The molecule has 0 aromatic heterocycles. The monoisotopic (exact) mass is 305 g/mol. The fourth-order valence-electron chi connectivity index (χ4n) is 1.73. The van der Waals surface area contributed by atoms with Crippen LogP contribution < -0.4 is 10.1 Å². The lowest BCUT2D eigenvalue weighted by atomic mass is 10.1. The Bertz CT molecular complexity index is 495. The number of amides is 1. The van der Waals surface area contributed by atoms with Crippen molar-refractivity contribution in [2.75, 3.05) is 13.2 Å². The molecular weight excluding hydrogens is 292 g/mol. The van der Waals surface area contributed by atoms with Crippen molar-refractivity contribution in [3.8, 4) is 5.75 Å². The maximum absolute atomic E-state index is 12.9. The number of hydrogen-bond donors (Lipinski definition) is 1. The van der Waals surface area contributed by atoms with E-state index in [1.807, 2.05) is 0 Å². The lowest BCUT2D eigenvalue weighted by molar-refractivity contribution is -0.125. The van der Waals surface area contributed by atoms with Crippen LogP contribution in [0.1, 0.15) is 13.3 Å². The van der Waals surface area contributed by atoms with E-state index < -0.39 is 9.75 Å². The SMILES string of the molecule is CC1(C(=O)NCCOc2cccc(F)c2)CC1(Cl)Cl. The molecule has 0 bridgehead atoms. The summed E-state index contributed by atoms with van der Waals surface area (Å²) in [4.78, 5) is 11.8. The van der Waals surface area contributed by atoms with Gasteiger partial charge in [0.15, 0.2) is 0 Å². The van der Waals surface area contributed by atoms with Crippen LogP contribution >= 0.6 is 23.2 Å². The fraction of sp³-hybridized carbons (Fsp3) is 0.462. The predicted octanol–water partition coefficient (Wildman–Crippen LogP) is 2.90. The van der Waals surface area contributed by atoms with Gasteiger partial charge >= 0.3 is 0 Å². The number of benzene rings is 1. The van der Waals surface area contributed by atoms with Gasteiger partial charge in [-0.15, -0.1) is 23.2 Å². The van der Waals surface area contributed by atoms with Crippen LogP contribution in [0.2, 0.25) is 0 Å². The van der Waals surface area contributed by atoms with Crippen LogP contribution in [-0.4, -0.2) is 23.4 Å². The molecule has 104 valence electrons. The second-order valence-corrected chi connectivity index (χ2v) is 6.26. The van der Waals surface area contributed by atoms with Crippen molar-refractivity contribution >= 4 is 29.1 Å². The summed E-state index contributed by atoms with van der Waals surface area (Å²) < 4.78 is 17.2. The Morgan fingerprint density at radius 1 is 1.53 bits per heavy atom. The van der Waals surface area contributed by atoms with E-state index in [4.69, 9.17) is 27.9 Å². The van der Waals surface area contributed by atoms with Crippen molar-refractivity contribution in [1.82, 2.24) is 5.32 Å². The average molecular weight is 306 g/mol. The maximum Gasteiger partial charge on any atom is 0.229 e. The Morgan fingerprint density at radius 2 is 2.21 bits per heavy atom. The Morgan fingerprint density at radius 3 is 2.79 bits per heavy atom. The van der Waals surface area contributed by atoms with Crippen molar-refractivity contribution in [3.05, 3.63) is 30.1 Å². The zero-order valence-corrected chi connectivity index (χ0v) is 11.9. The van der Waals surface area contributed by atoms with Gasteiger partial charge in [0.2, 0.25) is 5.91 Å². The van der Waals surface area contributed by atoms with Gasteiger partial charge in [-0.2, -0.15) is 0 Å². The Hall–Kier alpha value is -1.00. The number of alkyl halides is 2. The molecule has 1 unspecified atom stereocenters. The highest BCUT2D eigenvalue weighted by atomic mass is 35.5. The highest BCUT2D eigenvalue weighted by Crippen LogP contribution is 2.63. The van der Waals surface area contributed by atoms with Crippen molar-refractivity contribution < 1.29 is 13.9 Å². The summed E-state index contributed by atoms with van der Waals surface area (Å²) in [6.45, 7) is 2.29. The first kappa shape index (κ1) is 14.4. The summed E-state index contributed by atoms with van der Waals surface area (Å²) in [6, 6.07) is 5.83. The quantitative estimate of drug-likeness (QED) is 0.671. The predicted molar refractivity (Wildman–Crippen MR) is 72.1 cm³/mol. The van der Waals surface area contributed by atoms with Gasteiger partial charge in [0.25, 0.3) is 0 Å². The number of carbonyl (C=O) groups is 1. The molecule has 1 atom stereocenters. The average Bonchev–Trinajstić information content (AvgIpc) is 2.85. The molecule has 1 aliphatic rings. The second kappa shape index (κ2) is 5.17.